The second-order valence-corrected chi connectivity index (χ2v) is 7.54. The number of benzene rings is 3. The van der Waals surface area contributed by atoms with Gasteiger partial charge in [0.1, 0.15) is 12.4 Å². The van der Waals surface area contributed by atoms with Crippen LogP contribution in [0.5, 0.6) is 5.75 Å². The number of ether oxygens (including phenoxy) is 2. The lowest BCUT2D eigenvalue weighted by atomic mass is 10.1. The number of hydrogen-bond donors (Lipinski definition) is 1. The molecule has 0 heterocycles. The average Bonchev–Trinajstić information content (AvgIpc) is 2.70. The van der Waals surface area contributed by atoms with Crippen LogP contribution >= 0.6 is 0 Å². The largest absolute Gasteiger partial charge is 0.492 e. The van der Waals surface area contributed by atoms with Gasteiger partial charge in [-0.2, -0.15) is 0 Å². The van der Waals surface area contributed by atoms with Gasteiger partial charge in [0.25, 0.3) is 0 Å². The summed E-state index contributed by atoms with van der Waals surface area (Å²) < 4.78 is 37.4. The Bertz CT molecular complexity index is 1060. The van der Waals surface area contributed by atoms with E-state index in [-0.39, 0.29) is 23.6 Å². The van der Waals surface area contributed by atoms with Gasteiger partial charge in [0.15, 0.2) is 0 Å². The SMILES string of the molecule is COC(=O)c1cccc(S(=O)(=O)NCCOc2ccc3ccccc3c2)c1. The Morgan fingerprint density at radius 2 is 1.74 bits per heavy atom. The summed E-state index contributed by atoms with van der Waals surface area (Å²) in [5, 5.41) is 2.16. The molecule has 0 saturated heterocycles. The smallest absolute Gasteiger partial charge is 0.337 e. The molecule has 0 unspecified atom stereocenters. The Kier molecular flexibility index (Phi) is 5.73. The van der Waals surface area contributed by atoms with Crippen molar-refractivity contribution in [2.75, 3.05) is 20.3 Å². The molecule has 0 radical (unpaired) electrons. The normalized spacial score (nSPS) is 11.3. The molecule has 7 heteroatoms. The fourth-order valence-corrected chi connectivity index (χ4v) is 3.65. The number of carbonyl (C=O) groups excluding carboxylic acids is 1. The van der Waals surface area contributed by atoms with E-state index in [1.165, 1.54) is 31.4 Å². The highest BCUT2D eigenvalue weighted by atomic mass is 32.2. The second-order valence-electron chi connectivity index (χ2n) is 5.77. The van der Waals surface area contributed by atoms with Gasteiger partial charge < -0.3 is 9.47 Å². The number of fused-ring (bicyclic) bond motifs is 1. The molecule has 0 fully saturated rings. The molecule has 6 nitrogen and oxygen atoms in total. The Morgan fingerprint density at radius 3 is 2.52 bits per heavy atom. The molecule has 3 aromatic rings. The predicted octanol–water partition coefficient (Wildman–Crippen LogP) is 2.98. The zero-order chi connectivity index (χ0) is 19.3. The van der Waals surface area contributed by atoms with Crippen molar-refractivity contribution in [2.24, 2.45) is 0 Å². The van der Waals surface area contributed by atoms with Gasteiger partial charge in [-0.1, -0.05) is 36.4 Å². The third-order valence-electron chi connectivity index (χ3n) is 3.95. The lowest BCUT2D eigenvalue weighted by molar-refractivity contribution is 0.0600. The van der Waals surface area contributed by atoms with Gasteiger partial charge in [0.05, 0.1) is 17.6 Å². The first kappa shape index (κ1) is 18.9. The fourth-order valence-electron chi connectivity index (χ4n) is 2.59. The predicted molar refractivity (Wildman–Crippen MR) is 102 cm³/mol. The average molecular weight is 385 g/mol. The number of hydrogen-bond acceptors (Lipinski definition) is 5. The third-order valence-corrected chi connectivity index (χ3v) is 5.41. The molecule has 0 aliphatic rings. The van der Waals surface area contributed by atoms with E-state index in [0.29, 0.717) is 5.75 Å². The van der Waals surface area contributed by atoms with E-state index >= 15 is 0 Å². The Balaban J connectivity index is 1.59. The van der Waals surface area contributed by atoms with E-state index in [1.54, 1.807) is 0 Å². The Hall–Kier alpha value is -2.90. The molecule has 27 heavy (non-hydrogen) atoms. The maximum atomic E-state index is 12.4. The minimum Gasteiger partial charge on any atom is -0.492 e. The van der Waals surface area contributed by atoms with E-state index in [0.717, 1.165) is 10.8 Å². The molecular weight excluding hydrogens is 366 g/mol. The van der Waals surface area contributed by atoms with Crippen molar-refractivity contribution in [3.8, 4) is 5.75 Å². The molecule has 0 spiro atoms. The molecule has 0 aliphatic heterocycles. The topological polar surface area (TPSA) is 81.7 Å². The van der Waals surface area contributed by atoms with E-state index in [9.17, 15) is 13.2 Å². The van der Waals surface area contributed by atoms with Crippen LogP contribution in [0.4, 0.5) is 0 Å². The van der Waals surface area contributed by atoms with Crippen LogP contribution in [0.3, 0.4) is 0 Å². The molecule has 0 aliphatic carbocycles. The van der Waals surface area contributed by atoms with Crippen molar-refractivity contribution >= 4 is 26.8 Å². The standard InChI is InChI=1S/C20H19NO5S/c1-25-20(22)17-7-4-8-19(14-17)27(23,24)21-11-12-26-18-10-9-15-5-2-3-6-16(15)13-18/h2-10,13-14,21H,11-12H2,1H3. The van der Waals surface area contributed by atoms with Gasteiger partial charge in [-0.3, -0.25) is 0 Å². The molecule has 0 atom stereocenters. The minimum absolute atomic E-state index is 0.00361. The molecule has 0 aromatic heterocycles. The molecule has 0 saturated carbocycles. The van der Waals surface area contributed by atoms with E-state index in [2.05, 4.69) is 9.46 Å². The summed E-state index contributed by atoms with van der Waals surface area (Å²) in [7, 11) is -2.51. The van der Waals surface area contributed by atoms with Gasteiger partial charge >= 0.3 is 5.97 Å². The first-order valence-electron chi connectivity index (χ1n) is 8.29. The highest BCUT2D eigenvalue weighted by Crippen LogP contribution is 2.20. The van der Waals surface area contributed by atoms with Gasteiger partial charge in [-0.25, -0.2) is 17.9 Å². The lowest BCUT2D eigenvalue weighted by Gasteiger charge is -2.10. The second kappa shape index (κ2) is 8.20. The first-order chi connectivity index (χ1) is 13.0. The zero-order valence-corrected chi connectivity index (χ0v) is 15.5. The number of esters is 1. The van der Waals surface area contributed by atoms with Gasteiger partial charge in [-0.15, -0.1) is 0 Å². The van der Waals surface area contributed by atoms with E-state index in [1.807, 2.05) is 42.5 Å². The molecule has 3 rings (SSSR count). The van der Waals surface area contributed by atoms with Crippen LogP contribution in [0.1, 0.15) is 10.4 Å². The highest BCUT2D eigenvalue weighted by molar-refractivity contribution is 7.89. The zero-order valence-electron chi connectivity index (χ0n) is 14.7. The summed E-state index contributed by atoms with van der Waals surface area (Å²) in [6.45, 7) is 0.270. The highest BCUT2D eigenvalue weighted by Gasteiger charge is 2.16. The summed E-state index contributed by atoms with van der Waals surface area (Å²) in [5.74, 6) is 0.0762. The summed E-state index contributed by atoms with van der Waals surface area (Å²) >= 11 is 0. The summed E-state index contributed by atoms with van der Waals surface area (Å²) in [4.78, 5) is 11.5. The van der Waals surface area contributed by atoms with Crippen molar-refractivity contribution in [2.45, 2.75) is 4.90 Å². The summed E-state index contributed by atoms with van der Waals surface area (Å²) in [5.41, 5.74) is 0.174. The van der Waals surface area contributed by atoms with Crippen LogP contribution in [-0.2, 0) is 14.8 Å². The summed E-state index contributed by atoms with van der Waals surface area (Å²) in [6, 6.07) is 19.3. The molecule has 0 bridgehead atoms. The number of nitrogens with one attached hydrogen (secondary N) is 1. The quantitative estimate of drug-likeness (QED) is 0.499. The molecule has 1 N–H and O–H groups in total. The first-order valence-corrected chi connectivity index (χ1v) is 9.77. The van der Waals surface area contributed by atoms with Gasteiger partial charge in [0.2, 0.25) is 10.0 Å². The van der Waals surface area contributed by atoms with Crippen molar-refractivity contribution < 1.29 is 22.7 Å². The van der Waals surface area contributed by atoms with Crippen LogP contribution in [0, 0.1) is 0 Å². The fraction of sp³-hybridized carbons (Fsp3) is 0.150. The van der Waals surface area contributed by atoms with E-state index < -0.39 is 16.0 Å². The molecule has 0 amide bonds. The third kappa shape index (κ3) is 4.64. The monoisotopic (exact) mass is 385 g/mol. The molecular formula is C20H19NO5S. The van der Waals surface area contributed by atoms with Crippen molar-refractivity contribution in [3.63, 3.8) is 0 Å². The van der Waals surface area contributed by atoms with Crippen LogP contribution in [0.25, 0.3) is 10.8 Å². The van der Waals surface area contributed by atoms with Crippen molar-refractivity contribution in [1.82, 2.24) is 4.72 Å². The number of rotatable bonds is 7. The van der Waals surface area contributed by atoms with Gasteiger partial charge in [0, 0.05) is 6.54 Å². The van der Waals surface area contributed by atoms with Crippen molar-refractivity contribution in [3.05, 3.63) is 72.3 Å². The number of carbonyl (C=O) groups is 1. The number of methoxy groups -OCH3 is 1. The minimum atomic E-state index is -3.75. The van der Waals surface area contributed by atoms with Crippen LogP contribution in [-0.4, -0.2) is 34.6 Å². The van der Waals surface area contributed by atoms with Crippen LogP contribution < -0.4 is 9.46 Å². The van der Waals surface area contributed by atoms with Gasteiger partial charge in [-0.05, 0) is 41.1 Å². The number of sulfonamides is 1. The maximum absolute atomic E-state index is 12.4. The molecule has 140 valence electrons. The Morgan fingerprint density at radius 1 is 0.963 bits per heavy atom. The van der Waals surface area contributed by atoms with Crippen LogP contribution in [0.2, 0.25) is 0 Å². The lowest BCUT2D eigenvalue weighted by Crippen LogP contribution is -2.28. The maximum Gasteiger partial charge on any atom is 0.337 e. The molecule has 3 aromatic carbocycles. The van der Waals surface area contributed by atoms with Crippen molar-refractivity contribution in [1.29, 1.82) is 0 Å². The Labute approximate surface area is 157 Å². The summed E-state index contributed by atoms with van der Waals surface area (Å²) in [6.07, 6.45) is 0. The van der Waals surface area contributed by atoms with E-state index in [4.69, 9.17) is 4.74 Å². The van der Waals surface area contributed by atoms with Crippen LogP contribution in [0.15, 0.2) is 71.6 Å².